The molecule has 1 atom stereocenters. The number of aliphatic carboxylic acids is 1. The van der Waals surface area contributed by atoms with Gasteiger partial charge in [0.25, 0.3) is 0 Å². The van der Waals surface area contributed by atoms with Crippen LogP contribution < -0.4 is 9.47 Å². The van der Waals surface area contributed by atoms with E-state index >= 15 is 0 Å². The fourth-order valence-electron chi connectivity index (χ4n) is 3.64. The Bertz CT molecular complexity index is 1030. The molecule has 5 nitrogen and oxygen atoms in total. The standard InChI is InChI=1S/C27H31NO4/c1-4-5-9-26(32-23-16-10-20(19(2)18-23)13-17-27(29)30)25-8-6-7-24(28-25)21-11-14-22(31-3)15-12-21/h6-8,10-12,14-16,18,26H,4-5,9,13,17H2,1-3H3,(H,29,30)/t26-/m1/s1. The van der Waals surface area contributed by atoms with Gasteiger partial charge in [-0.2, -0.15) is 0 Å². The zero-order valence-corrected chi connectivity index (χ0v) is 19.0. The Hall–Kier alpha value is -3.34. The summed E-state index contributed by atoms with van der Waals surface area (Å²) in [5.41, 5.74) is 4.90. The van der Waals surface area contributed by atoms with Crippen LogP contribution in [-0.4, -0.2) is 23.2 Å². The number of carboxylic acid groups (broad SMARTS) is 1. The van der Waals surface area contributed by atoms with Crippen LogP contribution in [0.15, 0.2) is 60.7 Å². The molecule has 1 aromatic heterocycles. The number of aryl methyl sites for hydroxylation is 2. The van der Waals surface area contributed by atoms with Crippen molar-refractivity contribution in [3.63, 3.8) is 0 Å². The van der Waals surface area contributed by atoms with Crippen molar-refractivity contribution in [2.24, 2.45) is 0 Å². The fourth-order valence-corrected chi connectivity index (χ4v) is 3.64. The van der Waals surface area contributed by atoms with Gasteiger partial charge in [-0.1, -0.05) is 25.5 Å². The van der Waals surface area contributed by atoms with Crippen molar-refractivity contribution in [3.8, 4) is 22.8 Å². The molecule has 0 amide bonds. The van der Waals surface area contributed by atoms with Crippen LogP contribution in [0.1, 0.15) is 55.5 Å². The molecule has 168 valence electrons. The Kier molecular flexibility index (Phi) is 8.26. The molecule has 0 saturated carbocycles. The van der Waals surface area contributed by atoms with Gasteiger partial charge in [0.05, 0.1) is 18.5 Å². The van der Waals surface area contributed by atoms with Gasteiger partial charge in [-0.25, -0.2) is 4.98 Å². The minimum absolute atomic E-state index is 0.127. The Morgan fingerprint density at radius 1 is 1.06 bits per heavy atom. The number of pyridine rings is 1. The van der Waals surface area contributed by atoms with E-state index < -0.39 is 5.97 Å². The van der Waals surface area contributed by atoms with Gasteiger partial charge in [0.15, 0.2) is 0 Å². The number of benzene rings is 2. The van der Waals surface area contributed by atoms with Gasteiger partial charge in [-0.3, -0.25) is 4.79 Å². The Labute approximate surface area is 190 Å². The second-order valence-corrected chi connectivity index (χ2v) is 7.91. The van der Waals surface area contributed by atoms with Crippen LogP contribution in [0.3, 0.4) is 0 Å². The number of rotatable bonds is 11. The summed E-state index contributed by atoms with van der Waals surface area (Å²) in [7, 11) is 1.66. The molecule has 5 heteroatoms. The van der Waals surface area contributed by atoms with Crippen LogP contribution >= 0.6 is 0 Å². The van der Waals surface area contributed by atoms with Gasteiger partial charge in [-0.15, -0.1) is 0 Å². The molecule has 0 fully saturated rings. The van der Waals surface area contributed by atoms with Crippen LogP contribution in [0.2, 0.25) is 0 Å². The number of hydrogen-bond acceptors (Lipinski definition) is 4. The largest absolute Gasteiger partial charge is 0.497 e. The third-order valence-electron chi connectivity index (χ3n) is 5.51. The van der Waals surface area contributed by atoms with Crippen molar-refractivity contribution in [2.75, 3.05) is 7.11 Å². The average molecular weight is 434 g/mol. The first kappa shape index (κ1) is 23.3. The number of unbranched alkanes of at least 4 members (excludes halogenated alkanes) is 1. The molecule has 0 aliphatic heterocycles. The zero-order valence-electron chi connectivity index (χ0n) is 19.0. The van der Waals surface area contributed by atoms with Crippen LogP contribution in [0.5, 0.6) is 11.5 Å². The first-order valence-electron chi connectivity index (χ1n) is 11.1. The third kappa shape index (κ3) is 6.33. The molecule has 2 aromatic carbocycles. The average Bonchev–Trinajstić information content (AvgIpc) is 2.81. The van der Waals surface area contributed by atoms with Crippen LogP contribution in [-0.2, 0) is 11.2 Å². The van der Waals surface area contributed by atoms with Crippen molar-refractivity contribution in [3.05, 3.63) is 77.5 Å². The summed E-state index contributed by atoms with van der Waals surface area (Å²) < 4.78 is 11.6. The molecule has 0 bridgehead atoms. The van der Waals surface area contributed by atoms with E-state index in [2.05, 4.69) is 6.92 Å². The maximum atomic E-state index is 10.9. The minimum atomic E-state index is -0.785. The molecule has 1 N–H and O–H groups in total. The topological polar surface area (TPSA) is 68.7 Å². The minimum Gasteiger partial charge on any atom is -0.497 e. The van der Waals surface area contributed by atoms with Gasteiger partial charge < -0.3 is 14.6 Å². The van der Waals surface area contributed by atoms with Crippen molar-refractivity contribution in [1.82, 2.24) is 4.98 Å². The number of methoxy groups -OCH3 is 1. The highest BCUT2D eigenvalue weighted by molar-refractivity contribution is 5.67. The fraction of sp³-hybridized carbons (Fsp3) is 0.333. The number of hydrogen-bond donors (Lipinski definition) is 1. The second kappa shape index (κ2) is 11.3. The predicted molar refractivity (Wildman–Crippen MR) is 126 cm³/mol. The van der Waals surface area contributed by atoms with Gasteiger partial charge in [0.2, 0.25) is 0 Å². The Balaban J connectivity index is 1.82. The van der Waals surface area contributed by atoms with Gasteiger partial charge in [-0.05, 0) is 85.8 Å². The van der Waals surface area contributed by atoms with Gasteiger partial charge in [0, 0.05) is 12.0 Å². The molecule has 0 aliphatic carbocycles. The van der Waals surface area contributed by atoms with Crippen LogP contribution in [0.25, 0.3) is 11.3 Å². The van der Waals surface area contributed by atoms with Crippen molar-refractivity contribution in [2.45, 2.75) is 52.1 Å². The molecule has 32 heavy (non-hydrogen) atoms. The molecular formula is C27H31NO4. The lowest BCUT2D eigenvalue weighted by atomic mass is 10.0. The van der Waals surface area contributed by atoms with E-state index in [1.54, 1.807) is 7.11 Å². The van der Waals surface area contributed by atoms with E-state index in [0.29, 0.717) is 6.42 Å². The maximum Gasteiger partial charge on any atom is 0.303 e. The molecule has 1 heterocycles. The lowest BCUT2D eigenvalue weighted by molar-refractivity contribution is -0.136. The van der Waals surface area contributed by atoms with E-state index in [1.807, 2.05) is 67.6 Å². The molecule has 3 rings (SSSR count). The Morgan fingerprint density at radius 2 is 1.81 bits per heavy atom. The lowest BCUT2D eigenvalue weighted by Gasteiger charge is -2.20. The maximum absolute atomic E-state index is 10.9. The lowest BCUT2D eigenvalue weighted by Crippen LogP contribution is -2.10. The molecule has 0 radical (unpaired) electrons. The molecule has 3 aromatic rings. The predicted octanol–water partition coefficient (Wildman–Crippen LogP) is 6.39. The number of ether oxygens (including phenoxy) is 2. The quantitative estimate of drug-likeness (QED) is 0.379. The molecule has 0 saturated heterocycles. The van der Waals surface area contributed by atoms with Crippen molar-refractivity contribution in [1.29, 1.82) is 0 Å². The van der Waals surface area contributed by atoms with E-state index in [9.17, 15) is 4.79 Å². The van der Waals surface area contributed by atoms with E-state index in [4.69, 9.17) is 19.6 Å². The molecule has 0 aliphatic rings. The van der Waals surface area contributed by atoms with E-state index in [-0.39, 0.29) is 12.5 Å². The number of nitrogens with zero attached hydrogens (tertiary/aromatic N) is 1. The van der Waals surface area contributed by atoms with Gasteiger partial charge in [0.1, 0.15) is 17.6 Å². The number of carboxylic acids is 1. The van der Waals surface area contributed by atoms with E-state index in [1.165, 1.54) is 0 Å². The van der Waals surface area contributed by atoms with Crippen LogP contribution in [0.4, 0.5) is 0 Å². The zero-order chi connectivity index (χ0) is 22.9. The van der Waals surface area contributed by atoms with Crippen molar-refractivity contribution < 1.29 is 19.4 Å². The van der Waals surface area contributed by atoms with Crippen molar-refractivity contribution >= 4 is 5.97 Å². The summed E-state index contributed by atoms with van der Waals surface area (Å²) in [5.74, 6) is 0.808. The molecule has 0 spiro atoms. The van der Waals surface area contributed by atoms with Crippen LogP contribution in [0, 0.1) is 6.92 Å². The molecular weight excluding hydrogens is 402 g/mol. The first-order valence-corrected chi connectivity index (χ1v) is 11.1. The third-order valence-corrected chi connectivity index (χ3v) is 5.51. The normalized spacial score (nSPS) is 11.7. The summed E-state index contributed by atoms with van der Waals surface area (Å²) in [6, 6.07) is 19.8. The Morgan fingerprint density at radius 3 is 2.47 bits per heavy atom. The summed E-state index contributed by atoms with van der Waals surface area (Å²) >= 11 is 0. The molecule has 0 unspecified atom stereocenters. The number of aromatic nitrogens is 1. The summed E-state index contributed by atoms with van der Waals surface area (Å²) in [6.45, 7) is 4.16. The highest BCUT2D eigenvalue weighted by Gasteiger charge is 2.16. The SMILES string of the molecule is CCCC[C@@H](Oc1ccc(CCC(=O)O)c(C)c1)c1cccc(-c2ccc(OC)cc2)n1. The summed E-state index contributed by atoms with van der Waals surface area (Å²) in [6.07, 6.45) is 3.47. The smallest absolute Gasteiger partial charge is 0.303 e. The summed E-state index contributed by atoms with van der Waals surface area (Å²) in [5, 5.41) is 8.94. The van der Waals surface area contributed by atoms with Gasteiger partial charge >= 0.3 is 5.97 Å². The number of carbonyl (C=O) groups is 1. The summed E-state index contributed by atoms with van der Waals surface area (Å²) in [4.78, 5) is 15.8. The highest BCUT2D eigenvalue weighted by Crippen LogP contribution is 2.29. The van der Waals surface area contributed by atoms with E-state index in [0.717, 1.165) is 58.8 Å². The highest BCUT2D eigenvalue weighted by atomic mass is 16.5. The second-order valence-electron chi connectivity index (χ2n) is 7.91. The monoisotopic (exact) mass is 433 g/mol. The first-order chi connectivity index (χ1) is 15.5.